The highest BCUT2D eigenvalue weighted by Crippen LogP contribution is 2.44. The van der Waals surface area contributed by atoms with Crippen LogP contribution in [0.25, 0.3) is 0 Å². The molecule has 0 saturated heterocycles. The minimum Gasteiger partial charge on any atom is -0.487 e. The Hall–Kier alpha value is -3.84. The van der Waals surface area contributed by atoms with Crippen molar-refractivity contribution in [3.63, 3.8) is 0 Å². The Bertz CT molecular complexity index is 1430. The van der Waals surface area contributed by atoms with E-state index in [1.807, 2.05) is 90.7 Å². The van der Waals surface area contributed by atoms with E-state index in [2.05, 4.69) is 36.4 Å². The highest BCUT2D eigenvalue weighted by molar-refractivity contribution is 7.95. The molecule has 0 radical (unpaired) electrons. The van der Waals surface area contributed by atoms with Crippen LogP contribution in [0.15, 0.2) is 140 Å². The normalized spacial score (nSPS) is 11.1. The summed E-state index contributed by atoms with van der Waals surface area (Å²) in [6.07, 6.45) is 0. The van der Waals surface area contributed by atoms with Gasteiger partial charge in [0, 0.05) is 5.56 Å². The molecule has 0 spiro atoms. The SMILES string of the molecule is O=C(C=P(c1ccccc1)(c1ccccc1)c1ccccc1)c1ccc(OCc2ccccc2)c(Cl)c1. The van der Waals surface area contributed by atoms with Gasteiger partial charge in [-0.1, -0.05) is 133 Å². The standard InChI is InChI=1S/C33H26ClO2P/c34-31-23-27(21-22-33(31)36-24-26-13-5-1-6-14-26)32(35)25-37(28-15-7-2-8-16-28,29-17-9-3-10-18-29)30-19-11-4-12-20-30/h1-23,25H,24H2. The maximum absolute atomic E-state index is 13.9. The number of hydrogen-bond acceptors (Lipinski definition) is 2. The van der Waals surface area contributed by atoms with Gasteiger partial charge < -0.3 is 4.74 Å². The lowest BCUT2D eigenvalue weighted by molar-refractivity contribution is 0.107. The molecule has 0 atom stereocenters. The molecule has 182 valence electrons. The van der Waals surface area contributed by atoms with Gasteiger partial charge in [-0.2, -0.15) is 0 Å². The maximum atomic E-state index is 13.9. The number of Topliss-reactive ketones (excluding diaryl/α,β-unsaturated/α-hetero) is 1. The molecule has 0 heterocycles. The number of carbonyl (C=O) groups excluding carboxylic acids is 1. The number of halogens is 1. The van der Waals surface area contributed by atoms with Gasteiger partial charge in [-0.05, 0) is 52.4 Å². The summed E-state index contributed by atoms with van der Waals surface area (Å²) >= 11 is 6.58. The zero-order valence-corrected chi connectivity index (χ0v) is 21.9. The molecule has 0 fully saturated rings. The first-order valence-corrected chi connectivity index (χ1v) is 14.3. The van der Waals surface area contributed by atoms with Gasteiger partial charge in [0.15, 0.2) is 5.78 Å². The Morgan fingerprint density at radius 3 is 1.57 bits per heavy atom. The van der Waals surface area contributed by atoms with E-state index in [4.69, 9.17) is 16.3 Å². The lowest BCUT2D eigenvalue weighted by Crippen LogP contribution is -2.28. The zero-order valence-electron chi connectivity index (χ0n) is 20.2. The van der Waals surface area contributed by atoms with E-state index in [9.17, 15) is 4.79 Å². The van der Waals surface area contributed by atoms with Crippen LogP contribution in [0.2, 0.25) is 5.02 Å². The van der Waals surface area contributed by atoms with Crippen LogP contribution < -0.4 is 20.7 Å². The van der Waals surface area contributed by atoms with Crippen molar-refractivity contribution in [1.29, 1.82) is 0 Å². The second kappa shape index (κ2) is 11.5. The predicted molar refractivity (Wildman–Crippen MR) is 158 cm³/mol. The first-order chi connectivity index (χ1) is 18.2. The highest BCUT2D eigenvalue weighted by atomic mass is 35.5. The van der Waals surface area contributed by atoms with Crippen LogP contribution in [0.1, 0.15) is 15.9 Å². The van der Waals surface area contributed by atoms with Crippen molar-refractivity contribution in [2.45, 2.75) is 6.61 Å². The number of hydrogen-bond donors (Lipinski definition) is 0. The van der Waals surface area contributed by atoms with Gasteiger partial charge in [0.25, 0.3) is 0 Å². The van der Waals surface area contributed by atoms with Crippen LogP contribution in [0.3, 0.4) is 0 Å². The van der Waals surface area contributed by atoms with Gasteiger partial charge in [-0.15, -0.1) is 0 Å². The topological polar surface area (TPSA) is 26.3 Å². The molecular weight excluding hydrogens is 495 g/mol. The Morgan fingerprint density at radius 2 is 1.11 bits per heavy atom. The molecule has 0 aliphatic carbocycles. The second-order valence-corrected chi connectivity index (χ2v) is 12.3. The smallest absolute Gasteiger partial charge is 0.186 e. The van der Waals surface area contributed by atoms with Crippen LogP contribution in [0.4, 0.5) is 0 Å². The summed E-state index contributed by atoms with van der Waals surface area (Å²) in [6, 6.07) is 46.1. The summed E-state index contributed by atoms with van der Waals surface area (Å²) in [5.74, 6) is 2.40. The van der Waals surface area contributed by atoms with E-state index < -0.39 is 6.89 Å². The van der Waals surface area contributed by atoms with Gasteiger partial charge in [-0.25, -0.2) is 0 Å². The minimum absolute atomic E-state index is 0.0681. The molecule has 0 aromatic heterocycles. The van der Waals surface area contributed by atoms with Gasteiger partial charge in [0.2, 0.25) is 0 Å². The zero-order chi connectivity index (χ0) is 25.5. The first-order valence-electron chi connectivity index (χ1n) is 12.1. The molecule has 5 aromatic rings. The Morgan fingerprint density at radius 1 is 0.649 bits per heavy atom. The van der Waals surface area contributed by atoms with Crippen molar-refractivity contribution in [2.75, 3.05) is 0 Å². The van der Waals surface area contributed by atoms with E-state index in [0.29, 0.717) is 22.9 Å². The Labute approximate surface area is 223 Å². The largest absolute Gasteiger partial charge is 0.487 e. The molecule has 37 heavy (non-hydrogen) atoms. The Kier molecular flexibility index (Phi) is 7.70. The summed E-state index contributed by atoms with van der Waals surface area (Å²) in [4.78, 5) is 13.9. The average Bonchev–Trinajstić information content (AvgIpc) is 2.97. The van der Waals surface area contributed by atoms with E-state index >= 15 is 0 Å². The van der Waals surface area contributed by atoms with Crippen LogP contribution >= 0.6 is 18.5 Å². The second-order valence-electron chi connectivity index (χ2n) is 8.64. The third kappa shape index (κ3) is 5.47. The van der Waals surface area contributed by atoms with Crippen molar-refractivity contribution in [2.24, 2.45) is 0 Å². The molecule has 0 saturated carbocycles. The summed E-state index contributed by atoms with van der Waals surface area (Å²) in [7, 11) is 0. The fourth-order valence-corrected chi connectivity index (χ4v) is 8.42. The third-order valence-electron chi connectivity index (χ3n) is 6.25. The van der Waals surface area contributed by atoms with Crippen molar-refractivity contribution in [1.82, 2.24) is 0 Å². The predicted octanol–water partition coefficient (Wildman–Crippen LogP) is 6.90. The molecule has 0 amide bonds. The third-order valence-corrected chi connectivity index (χ3v) is 10.5. The van der Waals surface area contributed by atoms with E-state index in [0.717, 1.165) is 21.5 Å². The fraction of sp³-hybridized carbons (Fsp3) is 0.0303. The molecule has 2 nitrogen and oxygen atoms in total. The molecule has 0 bridgehead atoms. The monoisotopic (exact) mass is 520 g/mol. The molecule has 0 unspecified atom stereocenters. The quantitative estimate of drug-likeness (QED) is 0.164. The number of carbonyl (C=O) groups is 1. The summed E-state index contributed by atoms with van der Waals surface area (Å²) < 4.78 is 5.92. The van der Waals surface area contributed by atoms with Gasteiger partial charge in [0.05, 0.1) is 5.02 Å². The average molecular weight is 521 g/mol. The van der Waals surface area contributed by atoms with Crippen LogP contribution in [-0.4, -0.2) is 11.6 Å². The summed E-state index contributed by atoms with van der Waals surface area (Å²) in [5.41, 5.74) is 1.58. The number of benzene rings is 5. The van der Waals surface area contributed by atoms with E-state index in [-0.39, 0.29) is 5.78 Å². The van der Waals surface area contributed by atoms with E-state index in [1.54, 1.807) is 18.2 Å². The van der Waals surface area contributed by atoms with Gasteiger partial charge in [0.1, 0.15) is 12.4 Å². The molecular formula is C33H26ClO2P. The van der Waals surface area contributed by atoms with Crippen LogP contribution in [0.5, 0.6) is 5.75 Å². The number of ketones is 1. The van der Waals surface area contributed by atoms with Gasteiger partial charge in [-0.3, -0.25) is 4.79 Å². The highest BCUT2D eigenvalue weighted by Gasteiger charge is 2.26. The Balaban J connectivity index is 1.59. The van der Waals surface area contributed by atoms with Crippen molar-refractivity contribution < 1.29 is 9.53 Å². The van der Waals surface area contributed by atoms with Crippen LogP contribution in [0, 0.1) is 0 Å². The lowest BCUT2D eigenvalue weighted by Gasteiger charge is -2.28. The fourth-order valence-electron chi connectivity index (χ4n) is 4.42. The number of rotatable bonds is 8. The maximum Gasteiger partial charge on any atom is 0.186 e. The number of ether oxygens (including phenoxy) is 1. The molecule has 5 aromatic carbocycles. The van der Waals surface area contributed by atoms with Crippen molar-refractivity contribution >= 4 is 46.0 Å². The minimum atomic E-state index is -2.40. The van der Waals surface area contributed by atoms with E-state index in [1.165, 1.54) is 0 Å². The summed E-state index contributed by atoms with van der Waals surface area (Å²) in [5, 5.41) is 3.78. The molecule has 0 N–H and O–H groups in total. The molecule has 4 heteroatoms. The molecule has 0 aliphatic heterocycles. The lowest BCUT2D eigenvalue weighted by atomic mass is 10.1. The van der Waals surface area contributed by atoms with Crippen molar-refractivity contribution in [3.05, 3.63) is 156 Å². The first kappa shape index (κ1) is 24.8. The summed E-state index contributed by atoms with van der Waals surface area (Å²) in [6.45, 7) is -2.00. The van der Waals surface area contributed by atoms with Crippen LogP contribution in [-0.2, 0) is 6.61 Å². The van der Waals surface area contributed by atoms with Crippen molar-refractivity contribution in [3.8, 4) is 5.75 Å². The molecule has 5 rings (SSSR count). The van der Waals surface area contributed by atoms with Gasteiger partial charge >= 0.3 is 0 Å². The molecule has 0 aliphatic rings.